The molecule has 2 aliphatic rings. The third kappa shape index (κ3) is 2.62. The molecule has 0 bridgehead atoms. The molecule has 0 aromatic carbocycles. The van der Waals surface area contributed by atoms with Crippen molar-refractivity contribution in [3.05, 3.63) is 45.5 Å². The molecule has 0 saturated carbocycles. The van der Waals surface area contributed by atoms with Crippen LogP contribution in [-0.4, -0.2) is 43.8 Å². The predicted molar refractivity (Wildman–Crippen MR) is 102 cm³/mol. The van der Waals surface area contributed by atoms with E-state index in [0.29, 0.717) is 12.2 Å². The third-order valence-corrected chi connectivity index (χ3v) is 6.47. The van der Waals surface area contributed by atoms with Crippen LogP contribution in [0.15, 0.2) is 27.9 Å². The highest BCUT2D eigenvalue weighted by atomic mass is 16.1. The molecule has 1 saturated heterocycles. The number of piperidine rings is 1. The fourth-order valence-corrected chi connectivity index (χ4v) is 4.81. The lowest BCUT2D eigenvalue weighted by Crippen LogP contribution is -2.64. The highest BCUT2D eigenvalue weighted by Gasteiger charge is 2.44. The van der Waals surface area contributed by atoms with Gasteiger partial charge in [-0.3, -0.25) is 18.7 Å². The molecular formula is C20H28N4O2+. The molecule has 0 N–H and O–H groups in total. The van der Waals surface area contributed by atoms with Crippen LogP contribution >= 0.6 is 0 Å². The molecule has 2 aromatic rings. The summed E-state index contributed by atoms with van der Waals surface area (Å²) < 4.78 is 4.57. The molecule has 139 valence electrons. The van der Waals surface area contributed by atoms with Crippen LogP contribution in [0.25, 0.3) is 11.2 Å². The maximum absolute atomic E-state index is 12.8. The van der Waals surface area contributed by atoms with Gasteiger partial charge in [-0.2, -0.15) is 0 Å². The Bertz CT molecular complexity index is 940. The largest absolute Gasteiger partial charge is 0.318 e. The van der Waals surface area contributed by atoms with Gasteiger partial charge in [0.15, 0.2) is 0 Å². The Morgan fingerprint density at radius 1 is 1.15 bits per heavy atom. The van der Waals surface area contributed by atoms with Crippen LogP contribution in [0.5, 0.6) is 0 Å². The molecule has 1 fully saturated rings. The lowest BCUT2D eigenvalue weighted by atomic mass is 9.93. The molecule has 2 aliphatic heterocycles. The van der Waals surface area contributed by atoms with Crippen molar-refractivity contribution in [2.45, 2.75) is 58.2 Å². The normalized spacial score (nSPS) is 22.5. The number of likely N-dealkylation sites (tertiary alicyclic amines) is 1. The van der Waals surface area contributed by atoms with Gasteiger partial charge in [-0.1, -0.05) is 0 Å². The second-order valence-electron chi connectivity index (χ2n) is 8.75. The zero-order valence-corrected chi connectivity index (χ0v) is 15.9. The van der Waals surface area contributed by atoms with E-state index in [9.17, 15) is 9.59 Å². The van der Waals surface area contributed by atoms with Gasteiger partial charge in [0.1, 0.15) is 17.7 Å². The fourth-order valence-electron chi connectivity index (χ4n) is 4.81. The first-order valence-electron chi connectivity index (χ1n) is 9.61. The second-order valence-corrected chi connectivity index (χ2v) is 8.75. The van der Waals surface area contributed by atoms with Crippen LogP contribution in [0.1, 0.15) is 46.1 Å². The average molecular weight is 356 g/mol. The van der Waals surface area contributed by atoms with Gasteiger partial charge >= 0.3 is 0 Å². The van der Waals surface area contributed by atoms with Crippen molar-refractivity contribution in [1.82, 2.24) is 14.1 Å². The van der Waals surface area contributed by atoms with Gasteiger partial charge in [-0.05, 0) is 52.5 Å². The Hall–Kier alpha value is -1.95. The number of nitrogens with zero attached hydrogens (tertiary/aromatic N) is 4. The number of rotatable bonds is 2. The molecule has 26 heavy (non-hydrogen) atoms. The van der Waals surface area contributed by atoms with Crippen molar-refractivity contribution in [3.8, 4) is 0 Å². The first-order valence-corrected chi connectivity index (χ1v) is 9.61. The minimum Gasteiger partial charge on any atom is -0.318 e. The van der Waals surface area contributed by atoms with E-state index >= 15 is 0 Å². The lowest BCUT2D eigenvalue weighted by molar-refractivity contribution is -0.975. The van der Waals surface area contributed by atoms with Crippen molar-refractivity contribution in [3.63, 3.8) is 0 Å². The average Bonchev–Trinajstić information content (AvgIpc) is 2.60. The topological polar surface area (TPSA) is 56.9 Å². The van der Waals surface area contributed by atoms with E-state index in [1.54, 1.807) is 16.7 Å². The number of aromatic nitrogens is 3. The summed E-state index contributed by atoms with van der Waals surface area (Å²) in [6.45, 7) is 10.7. The summed E-state index contributed by atoms with van der Waals surface area (Å²) in [6, 6.07) is 3.43. The minimum atomic E-state index is -0.123. The fraction of sp³-hybridized carbons (Fsp3) is 0.600. The number of aryl methyl sites for hydroxylation is 1. The Morgan fingerprint density at radius 2 is 1.88 bits per heavy atom. The van der Waals surface area contributed by atoms with E-state index in [4.69, 9.17) is 0 Å². The molecule has 1 unspecified atom stereocenters. The van der Waals surface area contributed by atoms with E-state index < -0.39 is 0 Å². The van der Waals surface area contributed by atoms with Crippen LogP contribution in [0, 0.1) is 6.42 Å². The minimum absolute atomic E-state index is 0.0287. The Morgan fingerprint density at radius 3 is 2.58 bits per heavy atom. The van der Waals surface area contributed by atoms with Gasteiger partial charge in [0.25, 0.3) is 11.1 Å². The van der Waals surface area contributed by atoms with Crippen LogP contribution in [0.4, 0.5) is 0 Å². The molecular weight excluding hydrogens is 328 g/mol. The Labute approximate surface area is 153 Å². The first kappa shape index (κ1) is 17.5. The number of hydrogen-bond donors (Lipinski definition) is 0. The summed E-state index contributed by atoms with van der Waals surface area (Å²) in [7, 11) is 0. The van der Waals surface area contributed by atoms with Crippen molar-refractivity contribution in [1.29, 1.82) is 0 Å². The van der Waals surface area contributed by atoms with Crippen molar-refractivity contribution in [2.24, 2.45) is 0 Å². The highest BCUT2D eigenvalue weighted by Crippen LogP contribution is 2.34. The number of hydrogen-bond acceptors (Lipinski definition) is 3. The molecule has 6 nitrogen and oxygen atoms in total. The van der Waals surface area contributed by atoms with E-state index in [2.05, 4.69) is 32.2 Å². The standard InChI is InChI=1S/C20H28N4O2/c1-20(2,3)24(11-5-4-6-12-24)14-15-9-10-22-18(26)13-21-16-7-8-17(25)23(15)19(16)22/h4,7-8,13,15H,5-6,9-12,14H2,1-3H3/q+1. The summed E-state index contributed by atoms with van der Waals surface area (Å²) in [5, 5.41) is 0. The monoisotopic (exact) mass is 356 g/mol. The predicted octanol–water partition coefficient (Wildman–Crippen LogP) is 2.12. The van der Waals surface area contributed by atoms with Gasteiger partial charge < -0.3 is 4.48 Å². The summed E-state index contributed by atoms with van der Waals surface area (Å²) in [5.74, 6) is 0. The third-order valence-electron chi connectivity index (χ3n) is 6.47. The van der Waals surface area contributed by atoms with Gasteiger partial charge in [0.2, 0.25) is 0 Å². The zero-order valence-electron chi connectivity index (χ0n) is 15.9. The van der Waals surface area contributed by atoms with E-state index in [0.717, 1.165) is 48.9 Å². The summed E-state index contributed by atoms with van der Waals surface area (Å²) in [4.78, 5) is 29.3. The van der Waals surface area contributed by atoms with Crippen LogP contribution in [0.2, 0.25) is 0 Å². The maximum atomic E-state index is 12.8. The molecule has 0 spiro atoms. The maximum Gasteiger partial charge on any atom is 0.270 e. The SMILES string of the molecule is CC(C)(C)[N+]1(CC2CCn3c(=O)cnc4ccc(=O)n2c43)CC[CH]CC1. The molecule has 1 radical (unpaired) electrons. The molecule has 1 atom stereocenters. The number of quaternary nitrogens is 1. The lowest BCUT2D eigenvalue weighted by Gasteiger charge is -2.52. The molecule has 6 heteroatoms. The van der Waals surface area contributed by atoms with Crippen LogP contribution in [-0.2, 0) is 6.54 Å². The second kappa shape index (κ2) is 6.05. The van der Waals surface area contributed by atoms with Crippen molar-refractivity contribution < 1.29 is 4.48 Å². The summed E-state index contributed by atoms with van der Waals surface area (Å²) >= 11 is 0. The molecule has 2 aromatic heterocycles. The van der Waals surface area contributed by atoms with Crippen LogP contribution in [0.3, 0.4) is 0 Å². The number of pyridine rings is 1. The summed E-state index contributed by atoms with van der Waals surface area (Å²) in [5.41, 5.74) is 1.39. The van der Waals surface area contributed by atoms with Gasteiger partial charge in [-0.25, -0.2) is 4.98 Å². The van der Waals surface area contributed by atoms with Crippen LogP contribution < -0.4 is 11.1 Å². The van der Waals surface area contributed by atoms with Gasteiger partial charge in [0, 0.05) is 12.6 Å². The molecule has 4 rings (SSSR count). The van der Waals surface area contributed by atoms with Crippen molar-refractivity contribution >= 4 is 11.2 Å². The van der Waals surface area contributed by atoms with Gasteiger partial charge in [0.05, 0.1) is 30.9 Å². The first-order chi connectivity index (χ1) is 12.3. The quantitative estimate of drug-likeness (QED) is 0.775. The Kier molecular flexibility index (Phi) is 4.06. The highest BCUT2D eigenvalue weighted by molar-refractivity contribution is 5.70. The summed E-state index contributed by atoms with van der Waals surface area (Å²) in [6.07, 6.45) is 6.81. The molecule has 4 heterocycles. The Balaban J connectivity index is 1.84. The van der Waals surface area contributed by atoms with E-state index in [1.807, 2.05) is 4.57 Å². The molecule has 0 amide bonds. The molecule has 0 aliphatic carbocycles. The van der Waals surface area contributed by atoms with Crippen molar-refractivity contribution in [2.75, 3.05) is 19.6 Å². The van der Waals surface area contributed by atoms with E-state index in [1.165, 1.54) is 6.20 Å². The van der Waals surface area contributed by atoms with Gasteiger partial charge in [-0.15, -0.1) is 0 Å². The smallest absolute Gasteiger partial charge is 0.270 e. The van der Waals surface area contributed by atoms with E-state index in [-0.39, 0.29) is 22.7 Å². The zero-order chi connectivity index (χ0) is 18.5.